The molecule has 0 unspecified atom stereocenters. The standard InChI is InChI=1S/C30H28F7N3O3S/c1-2-5-23-28(43-21-15-24(44-17-21)30(35,36)37,27(42)39-13-9-18-7-8-20(31)14-19(18)16-39)10-4-12-40(23)26(41)25-22(29(32,33)34)6-3-11-38-25/h3,6-8,11,14-15,17,23H,2,4-5,9-10,12-13,16H2,1H3/t23-,28-/m1/s1. The van der Waals surface area contributed by atoms with Crippen LogP contribution in [0.4, 0.5) is 30.7 Å². The van der Waals surface area contributed by atoms with Crippen molar-refractivity contribution in [2.24, 2.45) is 0 Å². The fourth-order valence-corrected chi connectivity index (χ4v) is 6.72. The van der Waals surface area contributed by atoms with Crippen molar-refractivity contribution in [1.29, 1.82) is 0 Å². The lowest BCUT2D eigenvalue weighted by atomic mass is 9.79. The van der Waals surface area contributed by atoms with E-state index in [0.717, 1.165) is 40.2 Å². The Balaban J connectivity index is 1.59. The first-order valence-electron chi connectivity index (χ1n) is 14.0. The Bertz CT molecular complexity index is 1540. The molecule has 1 fully saturated rings. The molecule has 1 aromatic carbocycles. The summed E-state index contributed by atoms with van der Waals surface area (Å²) in [5, 5.41) is 1.11. The number of aromatic nitrogens is 1. The molecule has 14 heteroatoms. The van der Waals surface area contributed by atoms with Crippen LogP contribution in [0, 0.1) is 5.82 Å². The minimum atomic E-state index is -4.89. The van der Waals surface area contributed by atoms with Crippen LogP contribution in [-0.2, 0) is 30.1 Å². The highest BCUT2D eigenvalue weighted by molar-refractivity contribution is 7.10. The van der Waals surface area contributed by atoms with E-state index in [-0.39, 0.29) is 44.6 Å². The number of fused-ring (bicyclic) bond motifs is 1. The van der Waals surface area contributed by atoms with Gasteiger partial charge in [-0.25, -0.2) is 4.39 Å². The molecule has 5 rings (SSSR count). The van der Waals surface area contributed by atoms with Gasteiger partial charge in [0.05, 0.1) is 11.6 Å². The van der Waals surface area contributed by atoms with E-state index in [1.807, 2.05) is 0 Å². The molecule has 0 saturated carbocycles. The number of amides is 2. The number of thiophene rings is 1. The lowest BCUT2D eigenvalue weighted by Crippen LogP contribution is -2.68. The van der Waals surface area contributed by atoms with Crippen molar-refractivity contribution >= 4 is 23.2 Å². The quantitative estimate of drug-likeness (QED) is 0.268. The Morgan fingerprint density at radius 2 is 1.84 bits per heavy atom. The number of rotatable bonds is 6. The minimum Gasteiger partial charge on any atom is -0.474 e. The van der Waals surface area contributed by atoms with Gasteiger partial charge in [0.15, 0.2) is 0 Å². The van der Waals surface area contributed by atoms with Crippen molar-refractivity contribution in [2.45, 2.75) is 69.6 Å². The predicted molar refractivity (Wildman–Crippen MR) is 146 cm³/mol. The molecule has 236 valence electrons. The molecular weight excluding hydrogens is 615 g/mol. The van der Waals surface area contributed by atoms with E-state index < -0.39 is 57.8 Å². The molecular formula is C30H28F7N3O3S. The number of carbonyl (C=O) groups excluding carboxylic acids is 2. The first-order valence-corrected chi connectivity index (χ1v) is 14.9. The number of benzene rings is 1. The van der Waals surface area contributed by atoms with Crippen LogP contribution in [0.1, 0.15) is 64.7 Å². The minimum absolute atomic E-state index is 0.0142. The maximum Gasteiger partial charge on any atom is 0.425 e. The van der Waals surface area contributed by atoms with E-state index in [1.54, 1.807) is 13.0 Å². The third-order valence-corrected chi connectivity index (χ3v) is 8.94. The van der Waals surface area contributed by atoms with Gasteiger partial charge < -0.3 is 14.5 Å². The van der Waals surface area contributed by atoms with Crippen molar-refractivity contribution < 1.29 is 45.1 Å². The third-order valence-electron chi connectivity index (χ3n) is 7.98. The van der Waals surface area contributed by atoms with Gasteiger partial charge in [-0.1, -0.05) is 19.4 Å². The van der Waals surface area contributed by atoms with Crippen LogP contribution >= 0.6 is 11.3 Å². The summed E-state index contributed by atoms with van der Waals surface area (Å²) in [6.07, 6.45) is -7.57. The summed E-state index contributed by atoms with van der Waals surface area (Å²) in [5.74, 6) is -2.45. The van der Waals surface area contributed by atoms with Crippen molar-refractivity contribution in [3.63, 3.8) is 0 Å². The molecule has 6 nitrogen and oxygen atoms in total. The lowest BCUT2D eigenvalue weighted by Gasteiger charge is -2.50. The monoisotopic (exact) mass is 643 g/mol. The Kier molecular flexibility index (Phi) is 8.67. The molecule has 0 N–H and O–H groups in total. The summed E-state index contributed by atoms with van der Waals surface area (Å²) in [5.41, 5.74) is -2.65. The van der Waals surface area contributed by atoms with Crippen LogP contribution < -0.4 is 4.74 Å². The van der Waals surface area contributed by atoms with Crippen molar-refractivity contribution in [3.05, 3.63) is 81.1 Å². The molecule has 2 aliphatic rings. The second kappa shape index (κ2) is 12.0. The van der Waals surface area contributed by atoms with Crippen LogP contribution in [0.3, 0.4) is 0 Å². The fraction of sp³-hybridized carbons (Fsp3) is 0.433. The Hall–Kier alpha value is -3.68. The molecule has 44 heavy (non-hydrogen) atoms. The van der Waals surface area contributed by atoms with E-state index >= 15 is 0 Å². The van der Waals surface area contributed by atoms with Crippen molar-refractivity contribution in [1.82, 2.24) is 14.8 Å². The highest BCUT2D eigenvalue weighted by Crippen LogP contribution is 2.43. The van der Waals surface area contributed by atoms with Gasteiger partial charge in [-0.05, 0) is 54.7 Å². The zero-order valence-corrected chi connectivity index (χ0v) is 24.3. The summed E-state index contributed by atoms with van der Waals surface area (Å²) in [6.45, 7) is 1.90. The Labute approximate surface area is 252 Å². The van der Waals surface area contributed by atoms with Gasteiger partial charge in [0.2, 0.25) is 5.60 Å². The van der Waals surface area contributed by atoms with Crippen LogP contribution in [0.25, 0.3) is 0 Å². The smallest absolute Gasteiger partial charge is 0.425 e. The van der Waals surface area contributed by atoms with Gasteiger partial charge in [-0.15, -0.1) is 11.3 Å². The highest BCUT2D eigenvalue weighted by Gasteiger charge is 2.56. The summed E-state index contributed by atoms with van der Waals surface area (Å²) >= 11 is 0.374. The lowest BCUT2D eigenvalue weighted by molar-refractivity contribution is -0.160. The number of carbonyl (C=O) groups is 2. The van der Waals surface area contributed by atoms with Crippen LogP contribution in [0.2, 0.25) is 0 Å². The number of alkyl halides is 6. The first-order chi connectivity index (χ1) is 20.7. The second-order valence-electron chi connectivity index (χ2n) is 10.8. The van der Waals surface area contributed by atoms with Gasteiger partial charge in [0.25, 0.3) is 11.8 Å². The van der Waals surface area contributed by atoms with Gasteiger partial charge in [-0.2, -0.15) is 26.3 Å². The van der Waals surface area contributed by atoms with Gasteiger partial charge in [-0.3, -0.25) is 14.6 Å². The van der Waals surface area contributed by atoms with E-state index in [2.05, 4.69) is 4.98 Å². The second-order valence-corrected chi connectivity index (χ2v) is 11.7. The van der Waals surface area contributed by atoms with Gasteiger partial charge in [0.1, 0.15) is 22.1 Å². The van der Waals surface area contributed by atoms with Gasteiger partial charge >= 0.3 is 12.4 Å². The van der Waals surface area contributed by atoms with Gasteiger partial charge in [0, 0.05) is 43.7 Å². The zero-order chi connectivity index (χ0) is 31.9. The average molecular weight is 644 g/mol. The molecule has 3 aromatic rings. The Morgan fingerprint density at radius 3 is 2.52 bits per heavy atom. The van der Waals surface area contributed by atoms with E-state index in [9.17, 15) is 40.3 Å². The number of nitrogens with zero attached hydrogens (tertiary/aromatic N) is 3. The number of likely N-dealkylation sites (tertiary alicyclic amines) is 1. The van der Waals surface area contributed by atoms with Crippen molar-refractivity contribution in [2.75, 3.05) is 13.1 Å². The fourth-order valence-electron chi connectivity index (χ4n) is 6.04. The summed E-state index contributed by atoms with van der Waals surface area (Å²) in [7, 11) is 0. The normalized spacial score (nSPS) is 20.8. The SMILES string of the molecule is CCC[C@H]1N(C(=O)c2ncccc2C(F)(F)F)CCC[C@]1(Oc1csc(C(F)(F)F)c1)C(=O)N1CCc2ccc(F)cc2C1. The number of hydrogen-bond acceptors (Lipinski definition) is 5. The summed E-state index contributed by atoms with van der Waals surface area (Å²) in [4.78, 5) is 33.7. The maximum absolute atomic E-state index is 14.5. The molecule has 0 radical (unpaired) electrons. The first kappa shape index (κ1) is 31.7. The van der Waals surface area contributed by atoms with Crippen LogP contribution in [0.5, 0.6) is 5.75 Å². The van der Waals surface area contributed by atoms with Crippen LogP contribution in [-0.4, -0.2) is 51.3 Å². The molecule has 2 aromatic heterocycles. The predicted octanol–water partition coefficient (Wildman–Crippen LogP) is 7.13. The number of halogens is 7. The van der Waals surface area contributed by atoms with E-state index in [1.165, 1.54) is 17.0 Å². The molecule has 4 heterocycles. The highest BCUT2D eigenvalue weighted by atomic mass is 32.1. The zero-order valence-electron chi connectivity index (χ0n) is 23.5. The number of piperidine rings is 1. The molecule has 0 bridgehead atoms. The molecule has 0 spiro atoms. The van der Waals surface area contributed by atoms with E-state index in [4.69, 9.17) is 4.74 Å². The number of ether oxygens (including phenoxy) is 1. The maximum atomic E-state index is 14.5. The summed E-state index contributed by atoms with van der Waals surface area (Å²) in [6, 6.07) is 5.65. The molecule has 2 amide bonds. The van der Waals surface area contributed by atoms with Crippen LogP contribution in [0.15, 0.2) is 48.0 Å². The number of hydrogen-bond donors (Lipinski definition) is 0. The molecule has 1 saturated heterocycles. The third kappa shape index (κ3) is 6.13. The summed E-state index contributed by atoms with van der Waals surface area (Å²) < 4.78 is 102. The van der Waals surface area contributed by atoms with E-state index in [0.29, 0.717) is 29.7 Å². The largest absolute Gasteiger partial charge is 0.474 e. The topological polar surface area (TPSA) is 62.7 Å². The molecule has 2 aliphatic heterocycles. The Morgan fingerprint density at radius 1 is 1.07 bits per heavy atom. The molecule has 2 atom stereocenters. The number of pyridine rings is 1. The average Bonchev–Trinajstić information content (AvgIpc) is 3.45. The molecule has 0 aliphatic carbocycles. The van der Waals surface area contributed by atoms with Crippen molar-refractivity contribution in [3.8, 4) is 5.75 Å².